The van der Waals surface area contributed by atoms with Crippen LogP contribution in [0.5, 0.6) is 5.75 Å². The smallest absolute Gasteiger partial charge is 0.406 e. The molecule has 0 saturated heterocycles. The molecule has 0 bridgehead atoms. The molecule has 0 aliphatic heterocycles. The van der Waals surface area contributed by atoms with Crippen LogP contribution in [0, 0.1) is 5.92 Å². The van der Waals surface area contributed by atoms with Gasteiger partial charge >= 0.3 is 18.7 Å². The van der Waals surface area contributed by atoms with Gasteiger partial charge in [-0.25, -0.2) is 0 Å². The maximum atomic E-state index is 13.3. The number of β-amino-alcohol motifs (C(OH)–C–C–N with tert-alkyl or cyclic N) is 1. The van der Waals surface area contributed by atoms with Crippen LogP contribution in [-0.4, -0.2) is 42.0 Å². The minimum absolute atomic E-state index is 0.0536. The van der Waals surface area contributed by atoms with Crippen molar-refractivity contribution in [3.05, 3.63) is 29.8 Å². The highest BCUT2D eigenvalue weighted by atomic mass is 19.4. The molecule has 12 heteroatoms. The van der Waals surface area contributed by atoms with Crippen LogP contribution in [0.3, 0.4) is 0 Å². The molecular formula is C18H20F9NO2. The van der Waals surface area contributed by atoms with E-state index in [0.717, 1.165) is 12.1 Å². The molecule has 2 N–H and O–H groups in total. The summed E-state index contributed by atoms with van der Waals surface area (Å²) in [6.45, 7) is -1.03. The predicted octanol–water partition coefficient (Wildman–Crippen LogP) is 5.13. The molecular weight excluding hydrogens is 433 g/mol. The number of aliphatic hydroxyl groups excluding tert-OH is 1. The van der Waals surface area contributed by atoms with E-state index in [4.69, 9.17) is 0 Å². The number of ether oxygens (including phenoxy) is 1. The van der Waals surface area contributed by atoms with E-state index in [2.05, 4.69) is 10.1 Å². The Hall–Kier alpha value is -1.69. The van der Waals surface area contributed by atoms with Crippen LogP contribution >= 0.6 is 0 Å². The average Bonchev–Trinajstić information content (AvgIpc) is 2.57. The second-order valence-electron chi connectivity index (χ2n) is 7.43. The van der Waals surface area contributed by atoms with Gasteiger partial charge in [-0.3, -0.25) is 0 Å². The van der Waals surface area contributed by atoms with E-state index in [1.165, 1.54) is 12.1 Å². The minimum Gasteiger partial charge on any atom is -0.406 e. The third kappa shape index (κ3) is 7.22. The Balaban J connectivity index is 2.26. The monoisotopic (exact) mass is 453 g/mol. The molecule has 1 saturated carbocycles. The summed E-state index contributed by atoms with van der Waals surface area (Å²) in [7, 11) is 0. The van der Waals surface area contributed by atoms with E-state index in [1.54, 1.807) is 0 Å². The van der Waals surface area contributed by atoms with Crippen LogP contribution in [0.4, 0.5) is 39.5 Å². The molecule has 30 heavy (non-hydrogen) atoms. The maximum Gasteiger partial charge on any atom is 0.573 e. The second-order valence-corrected chi connectivity index (χ2v) is 7.43. The fraction of sp³-hybridized carbons (Fsp3) is 0.667. The summed E-state index contributed by atoms with van der Waals surface area (Å²) < 4.78 is 119. The molecule has 0 heterocycles. The van der Waals surface area contributed by atoms with Crippen molar-refractivity contribution in [2.75, 3.05) is 6.54 Å². The molecule has 3 atom stereocenters. The van der Waals surface area contributed by atoms with Gasteiger partial charge in [0.1, 0.15) is 5.75 Å². The van der Waals surface area contributed by atoms with E-state index in [-0.39, 0.29) is 31.2 Å². The zero-order chi connectivity index (χ0) is 22.8. The van der Waals surface area contributed by atoms with E-state index >= 15 is 0 Å². The van der Waals surface area contributed by atoms with Crippen LogP contribution in [0.1, 0.15) is 31.2 Å². The Labute approximate surface area is 166 Å². The normalized spacial score (nSPS) is 24.5. The van der Waals surface area contributed by atoms with Crippen molar-refractivity contribution < 1.29 is 49.4 Å². The molecule has 1 aliphatic rings. The fourth-order valence-electron chi connectivity index (χ4n) is 3.70. The van der Waals surface area contributed by atoms with Crippen LogP contribution < -0.4 is 10.1 Å². The maximum absolute atomic E-state index is 13.3. The Kier molecular flexibility index (Phi) is 7.22. The molecule has 2 rings (SSSR count). The lowest BCUT2D eigenvalue weighted by atomic mass is 9.72. The molecule has 0 radical (unpaired) electrons. The standard InChI is InChI=1S/C18H20F9NO2/c19-16(20,21)12-4-2-6-15(9-12,28-10-14(29)17(22,23)24)8-11-3-1-5-13(7-11)30-18(25,26)27/h1,3,5,7,12,14,28-29H,2,4,6,8-10H2. The number of alkyl halides is 9. The highest BCUT2D eigenvalue weighted by molar-refractivity contribution is 5.30. The highest BCUT2D eigenvalue weighted by Crippen LogP contribution is 2.43. The van der Waals surface area contributed by atoms with Gasteiger partial charge in [0, 0.05) is 12.1 Å². The number of rotatable bonds is 6. The van der Waals surface area contributed by atoms with Gasteiger partial charge in [0.05, 0.1) is 5.92 Å². The third-order valence-electron chi connectivity index (χ3n) is 5.03. The topological polar surface area (TPSA) is 41.5 Å². The Bertz CT molecular complexity index is 702. The van der Waals surface area contributed by atoms with Crippen molar-refractivity contribution in [3.63, 3.8) is 0 Å². The van der Waals surface area contributed by atoms with Crippen LogP contribution in [0.15, 0.2) is 24.3 Å². The molecule has 3 unspecified atom stereocenters. The van der Waals surface area contributed by atoms with Crippen molar-refractivity contribution in [3.8, 4) is 5.75 Å². The number of hydrogen-bond acceptors (Lipinski definition) is 3. The molecule has 172 valence electrons. The first-order valence-corrected chi connectivity index (χ1v) is 9.01. The quantitative estimate of drug-likeness (QED) is 0.587. The summed E-state index contributed by atoms with van der Waals surface area (Å²) in [5, 5.41) is 11.7. The second kappa shape index (κ2) is 8.81. The van der Waals surface area contributed by atoms with Gasteiger partial charge < -0.3 is 15.2 Å². The number of halogens is 9. The Morgan fingerprint density at radius 1 is 1.10 bits per heavy atom. The van der Waals surface area contributed by atoms with Crippen molar-refractivity contribution in [2.24, 2.45) is 5.92 Å². The average molecular weight is 453 g/mol. The molecule has 1 fully saturated rings. The van der Waals surface area contributed by atoms with Gasteiger partial charge in [0.2, 0.25) is 0 Å². The Morgan fingerprint density at radius 2 is 1.77 bits per heavy atom. The number of benzene rings is 1. The van der Waals surface area contributed by atoms with E-state index < -0.39 is 55.0 Å². The molecule has 3 nitrogen and oxygen atoms in total. The van der Waals surface area contributed by atoms with Gasteiger partial charge in [-0.05, 0) is 43.4 Å². The molecule has 0 spiro atoms. The number of nitrogens with one attached hydrogen (secondary N) is 1. The number of aliphatic hydroxyl groups is 1. The van der Waals surface area contributed by atoms with Gasteiger partial charge in [0.15, 0.2) is 6.10 Å². The minimum atomic E-state index is -4.97. The first kappa shape index (κ1) is 24.6. The lowest BCUT2D eigenvalue weighted by Crippen LogP contribution is -2.55. The van der Waals surface area contributed by atoms with E-state index in [1.807, 2.05) is 0 Å². The Morgan fingerprint density at radius 3 is 2.33 bits per heavy atom. The largest absolute Gasteiger partial charge is 0.573 e. The molecule has 0 amide bonds. The lowest BCUT2D eigenvalue weighted by Gasteiger charge is -2.43. The summed E-state index contributed by atoms with van der Waals surface area (Å²) in [5.41, 5.74) is -1.32. The SMILES string of the molecule is OC(CNC1(Cc2cccc(OC(F)(F)F)c2)CCCC(C(F)(F)F)C1)C(F)(F)F. The summed E-state index contributed by atoms with van der Waals surface area (Å²) in [4.78, 5) is 0. The van der Waals surface area contributed by atoms with Crippen LogP contribution in [0.25, 0.3) is 0 Å². The highest BCUT2D eigenvalue weighted by Gasteiger charge is 2.48. The summed E-state index contributed by atoms with van der Waals surface area (Å²) in [6.07, 6.45) is -18.2. The van der Waals surface area contributed by atoms with Crippen LogP contribution in [-0.2, 0) is 6.42 Å². The van der Waals surface area contributed by atoms with Gasteiger partial charge in [-0.2, -0.15) is 26.3 Å². The van der Waals surface area contributed by atoms with Gasteiger partial charge in [-0.15, -0.1) is 13.2 Å². The van der Waals surface area contributed by atoms with E-state index in [0.29, 0.717) is 0 Å². The molecule has 1 aromatic carbocycles. The summed E-state index contributed by atoms with van der Waals surface area (Å²) in [5.74, 6) is -2.37. The molecule has 1 aromatic rings. The summed E-state index contributed by atoms with van der Waals surface area (Å²) >= 11 is 0. The fourth-order valence-corrected chi connectivity index (χ4v) is 3.70. The lowest BCUT2D eigenvalue weighted by molar-refractivity contribution is -0.274. The molecule has 1 aliphatic carbocycles. The van der Waals surface area contributed by atoms with Crippen molar-refractivity contribution in [1.29, 1.82) is 0 Å². The zero-order valence-electron chi connectivity index (χ0n) is 15.5. The predicted molar refractivity (Wildman–Crippen MR) is 87.6 cm³/mol. The zero-order valence-corrected chi connectivity index (χ0v) is 15.5. The van der Waals surface area contributed by atoms with Gasteiger partial charge in [0.25, 0.3) is 0 Å². The van der Waals surface area contributed by atoms with Crippen LogP contribution in [0.2, 0.25) is 0 Å². The van der Waals surface area contributed by atoms with Crippen molar-refractivity contribution in [1.82, 2.24) is 5.32 Å². The summed E-state index contributed by atoms with van der Waals surface area (Å²) in [6, 6.07) is 4.54. The molecule has 0 aromatic heterocycles. The van der Waals surface area contributed by atoms with E-state index in [9.17, 15) is 44.6 Å². The van der Waals surface area contributed by atoms with Gasteiger partial charge in [-0.1, -0.05) is 18.6 Å². The first-order valence-electron chi connectivity index (χ1n) is 9.01. The number of hydrogen-bond donors (Lipinski definition) is 2. The van der Waals surface area contributed by atoms with Crippen molar-refractivity contribution in [2.45, 2.75) is 62.5 Å². The van der Waals surface area contributed by atoms with Crippen molar-refractivity contribution >= 4 is 0 Å². The first-order chi connectivity index (χ1) is 13.6. The third-order valence-corrected chi connectivity index (χ3v) is 5.03.